The highest BCUT2D eigenvalue weighted by atomic mass is 16.6. The van der Waals surface area contributed by atoms with Gasteiger partial charge in [0.2, 0.25) is 0 Å². The second kappa shape index (κ2) is 7.46. The Morgan fingerprint density at radius 1 is 0.939 bits per heavy atom. The van der Waals surface area contributed by atoms with Gasteiger partial charge in [0, 0.05) is 12.0 Å². The average molecular weight is 430 g/mol. The average Bonchev–Trinajstić information content (AvgIpc) is 3.47. The molecule has 0 radical (unpaired) electrons. The number of aromatic nitrogens is 4. The molecule has 158 valence electrons. The zero-order chi connectivity index (χ0) is 22.4. The summed E-state index contributed by atoms with van der Waals surface area (Å²) in [5.41, 5.74) is 8.10. The van der Waals surface area contributed by atoms with Gasteiger partial charge in [0.15, 0.2) is 11.2 Å². The molecule has 1 N–H and O–H groups in total. The Balaban J connectivity index is 1.69. The molecule has 6 rings (SSSR count). The predicted molar refractivity (Wildman–Crippen MR) is 126 cm³/mol. The molecule has 0 aliphatic carbocycles. The highest BCUT2D eigenvalue weighted by Crippen LogP contribution is 2.35. The summed E-state index contributed by atoms with van der Waals surface area (Å²) in [5, 5.41) is 21.7. The van der Waals surface area contributed by atoms with Crippen molar-refractivity contribution in [3.05, 3.63) is 95.1 Å². The molecular weight excluding hydrogens is 412 g/mol. The maximum absolute atomic E-state index is 10.1. The summed E-state index contributed by atoms with van der Waals surface area (Å²) < 4.78 is 7.00. The number of nitrogens with one attached hydrogen (secondary N) is 1. The van der Waals surface area contributed by atoms with Crippen LogP contribution in [0.1, 0.15) is 22.3 Å². The van der Waals surface area contributed by atoms with Crippen molar-refractivity contribution in [2.75, 3.05) is 5.32 Å². The van der Waals surface area contributed by atoms with Gasteiger partial charge in [-0.05, 0) is 52.6 Å². The van der Waals surface area contributed by atoms with E-state index >= 15 is 0 Å². The van der Waals surface area contributed by atoms with E-state index in [1.807, 2.05) is 72.0 Å². The van der Waals surface area contributed by atoms with Crippen LogP contribution in [0.4, 0.5) is 11.5 Å². The van der Waals surface area contributed by atoms with E-state index in [1.54, 1.807) is 0 Å². The highest BCUT2D eigenvalue weighted by molar-refractivity contribution is 5.92. The number of benzene rings is 3. The predicted octanol–water partition coefficient (Wildman–Crippen LogP) is 5.54. The normalized spacial score (nSPS) is 11.3. The first-order valence-electron chi connectivity index (χ1n) is 10.6. The number of pyridine rings is 1. The lowest BCUT2D eigenvalue weighted by atomic mass is 9.97. The Morgan fingerprint density at radius 3 is 2.58 bits per heavy atom. The minimum Gasteiger partial charge on any atom is -0.339 e. The first-order valence-corrected chi connectivity index (χ1v) is 10.6. The Bertz CT molecular complexity index is 1690. The number of imidazole rings is 1. The lowest BCUT2D eigenvalue weighted by Gasteiger charge is -2.19. The largest absolute Gasteiger partial charge is 0.339 e. The van der Waals surface area contributed by atoms with Crippen molar-refractivity contribution in [2.45, 2.75) is 13.3 Å². The Kier molecular flexibility index (Phi) is 4.30. The van der Waals surface area contributed by atoms with Crippen LogP contribution in [0.3, 0.4) is 0 Å². The van der Waals surface area contributed by atoms with Crippen molar-refractivity contribution >= 4 is 39.2 Å². The van der Waals surface area contributed by atoms with Crippen LogP contribution < -0.4 is 5.32 Å². The fourth-order valence-electron chi connectivity index (χ4n) is 4.37. The van der Waals surface area contributed by atoms with E-state index in [0.29, 0.717) is 28.7 Å². The lowest BCUT2D eigenvalue weighted by Crippen LogP contribution is -2.09. The number of anilines is 2. The molecule has 0 bridgehead atoms. The van der Waals surface area contributed by atoms with Gasteiger partial charge in [-0.1, -0.05) is 48.5 Å². The first kappa shape index (κ1) is 19.0. The van der Waals surface area contributed by atoms with Crippen LogP contribution in [-0.2, 0) is 6.42 Å². The number of hydrogen-bond donors (Lipinski definition) is 1. The quantitative estimate of drug-likeness (QED) is 0.395. The van der Waals surface area contributed by atoms with Crippen molar-refractivity contribution < 1.29 is 4.63 Å². The molecule has 0 fully saturated rings. The Morgan fingerprint density at radius 2 is 1.73 bits per heavy atom. The summed E-state index contributed by atoms with van der Waals surface area (Å²) in [5.74, 6) is 0.842. The fourth-order valence-corrected chi connectivity index (χ4v) is 4.37. The molecular formula is C26H18N6O. The van der Waals surface area contributed by atoms with Crippen LogP contribution in [0.5, 0.6) is 0 Å². The van der Waals surface area contributed by atoms with Crippen LogP contribution in [0.25, 0.3) is 27.7 Å². The second-order valence-electron chi connectivity index (χ2n) is 7.92. The summed E-state index contributed by atoms with van der Waals surface area (Å²) in [6.07, 6.45) is 0.652. The Labute approximate surface area is 188 Å². The zero-order valence-electron chi connectivity index (χ0n) is 17.8. The van der Waals surface area contributed by atoms with E-state index in [4.69, 9.17) is 9.61 Å². The molecule has 3 aromatic carbocycles. The van der Waals surface area contributed by atoms with Gasteiger partial charge in [0.1, 0.15) is 17.4 Å². The molecule has 7 heteroatoms. The van der Waals surface area contributed by atoms with Gasteiger partial charge in [-0.25, -0.2) is 9.61 Å². The molecule has 0 spiro atoms. The van der Waals surface area contributed by atoms with Crippen molar-refractivity contribution in [1.82, 2.24) is 19.7 Å². The molecule has 0 saturated heterocycles. The van der Waals surface area contributed by atoms with Gasteiger partial charge in [-0.2, -0.15) is 5.26 Å². The Hall–Kier alpha value is -4.70. The van der Waals surface area contributed by atoms with Gasteiger partial charge >= 0.3 is 0 Å². The van der Waals surface area contributed by atoms with Gasteiger partial charge in [-0.15, -0.1) is 0 Å². The SMILES string of the molecule is Cc1c(Cc2ccccc2)c(Nc2cccc3nonc23)n2c(nc3ccccc32)c1C#N. The molecule has 33 heavy (non-hydrogen) atoms. The van der Waals surface area contributed by atoms with E-state index in [1.165, 1.54) is 0 Å². The molecule has 0 saturated carbocycles. The van der Waals surface area contributed by atoms with Crippen molar-refractivity contribution in [3.63, 3.8) is 0 Å². The molecule has 0 unspecified atom stereocenters. The van der Waals surface area contributed by atoms with Gasteiger partial charge < -0.3 is 5.32 Å². The molecule has 7 nitrogen and oxygen atoms in total. The monoisotopic (exact) mass is 430 g/mol. The highest BCUT2D eigenvalue weighted by Gasteiger charge is 2.22. The molecule has 6 aromatic rings. The molecule has 0 aliphatic heterocycles. The number of rotatable bonds is 4. The summed E-state index contributed by atoms with van der Waals surface area (Å²) in [4.78, 5) is 4.80. The minimum atomic E-state index is 0.573. The second-order valence-corrected chi connectivity index (χ2v) is 7.92. The summed E-state index contributed by atoms with van der Waals surface area (Å²) in [6, 6.07) is 26.2. The first-order chi connectivity index (χ1) is 16.2. The molecule has 3 aromatic heterocycles. The molecule has 0 aliphatic rings. The number of para-hydroxylation sites is 2. The molecule has 0 atom stereocenters. The summed E-state index contributed by atoms with van der Waals surface area (Å²) >= 11 is 0. The topological polar surface area (TPSA) is 92.0 Å². The van der Waals surface area contributed by atoms with Crippen LogP contribution in [0.2, 0.25) is 0 Å². The van der Waals surface area contributed by atoms with E-state index in [0.717, 1.165) is 39.2 Å². The maximum atomic E-state index is 10.1. The number of nitrogens with zero attached hydrogens (tertiary/aromatic N) is 5. The number of hydrogen-bond acceptors (Lipinski definition) is 6. The molecule has 0 amide bonds. The minimum absolute atomic E-state index is 0.573. The van der Waals surface area contributed by atoms with E-state index < -0.39 is 0 Å². The third kappa shape index (κ3) is 3.00. The smallest absolute Gasteiger partial charge is 0.158 e. The van der Waals surface area contributed by atoms with E-state index in [-0.39, 0.29) is 0 Å². The van der Waals surface area contributed by atoms with Crippen LogP contribution >= 0.6 is 0 Å². The summed E-state index contributed by atoms with van der Waals surface area (Å²) in [7, 11) is 0. The molecule has 3 heterocycles. The fraction of sp³-hybridized carbons (Fsp3) is 0.0769. The van der Waals surface area contributed by atoms with Crippen LogP contribution in [-0.4, -0.2) is 19.7 Å². The third-order valence-corrected chi connectivity index (χ3v) is 6.00. The zero-order valence-corrected chi connectivity index (χ0v) is 17.8. The summed E-state index contributed by atoms with van der Waals surface area (Å²) in [6.45, 7) is 1.99. The third-order valence-electron chi connectivity index (χ3n) is 6.00. The van der Waals surface area contributed by atoms with Gasteiger partial charge in [0.05, 0.1) is 22.3 Å². The van der Waals surface area contributed by atoms with Gasteiger partial charge in [-0.3, -0.25) is 4.40 Å². The van der Waals surface area contributed by atoms with Crippen molar-refractivity contribution in [3.8, 4) is 6.07 Å². The number of fused-ring (bicyclic) bond motifs is 4. The van der Waals surface area contributed by atoms with Crippen LogP contribution in [0, 0.1) is 18.3 Å². The van der Waals surface area contributed by atoms with E-state index in [9.17, 15) is 5.26 Å². The maximum Gasteiger partial charge on any atom is 0.158 e. The van der Waals surface area contributed by atoms with Crippen molar-refractivity contribution in [1.29, 1.82) is 5.26 Å². The lowest BCUT2D eigenvalue weighted by molar-refractivity contribution is 0.315. The van der Waals surface area contributed by atoms with E-state index in [2.05, 4.69) is 33.8 Å². The van der Waals surface area contributed by atoms with Gasteiger partial charge in [0.25, 0.3) is 0 Å². The van der Waals surface area contributed by atoms with Crippen molar-refractivity contribution in [2.24, 2.45) is 0 Å². The number of nitriles is 1. The van der Waals surface area contributed by atoms with Crippen LogP contribution in [0.15, 0.2) is 77.4 Å². The standard InChI is InChI=1S/C26H18N6O/c1-16-18(14-17-8-3-2-4-9-17)25(29-21-11-7-12-22-24(21)31-33-30-22)32-23-13-6-5-10-20(23)28-26(32)19(16)15-27/h2-13,29H,14H2,1H3.